The number of carbonyl (C=O) groups excluding carboxylic acids is 1. The summed E-state index contributed by atoms with van der Waals surface area (Å²) >= 11 is 7.83. The number of benzene rings is 1. The largest absolute Gasteiger partial charge is 0.467 e. The van der Waals surface area contributed by atoms with Crippen molar-refractivity contribution in [1.82, 2.24) is 0 Å². The van der Waals surface area contributed by atoms with E-state index < -0.39 is 0 Å². The Morgan fingerprint density at radius 1 is 1.48 bits per heavy atom. The summed E-state index contributed by atoms with van der Waals surface area (Å²) in [6, 6.07) is 7.09. The van der Waals surface area contributed by atoms with E-state index in [1.807, 2.05) is 18.2 Å². The molecule has 1 aromatic heterocycles. The number of furan rings is 1. The summed E-state index contributed by atoms with van der Waals surface area (Å²) in [6.07, 6.45) is 1.40. The minimum atomic E-state index is -0.244. The molecule has 2 aromatic rings. The summed E-state index contributed by atoms with van der Waals surface area (Å²) in [7, 11) is 0. The zero-order chi connectivity index (χ0) is 15.4. The van der Waals surface area contributed by atoms with E-state index in [-0.39, 0.29) is 12.5 Å². The van der Waals surface area contributed by atoms with E-state index in [2.05, 4.69) is 19.2 Å². The molecule has 0 unspecified atom stereocenters. The number of amides is 1. The van der Waals surface area contributed by atoms with Crippen LogP contribution in [0.15, 0.2) is 39.8 Å². The van der Waals surface area contributed by atoms with E-state index in [1.54, 1.807) is 17.8 Å². The fourth-order valence-electron chi connectivity index (χ4n) is 1.76. The van der Waals surface area contributed by atoms with Crippen molar-refractivity contribution in [2.24, 2.45) is 5.73 Å². The summed E-state index contributed by atoms with van der Waals surface area (Å²) in [5.41, 5.74) is 6.61. The number of hydrogen-bond acceptors (Lipinski definition) is 4. The van der Waals surface area contributed by atoms with Gasteiger partial charge in [0.15, 0.2) is 0 Å². The zero-order valence-electron chi connectivity index (χ0n) is 11.9. The van der Waals surface area contributed by atoms with Crippen LogP contribution >= 0.6 is 23.4 Å². The van der Waals surface area contributed by atoms with E-state index in [1.165, 1.54) is 6.26 Å². The highest BCUT2D eigenvalue weighted by Crippen LogP contribution is 2.36. The van der Waals surface area contributed by atoms with Crippen LogP contribution in [-0.4, -0.2) is 11.2 Å². The lowest BCUT2D eigenvalue weighted by Gasteiger charge is -2.13. The van der Waals surface area contributed by atoms with Crippen molar-refractivity contribution >= 4 is 35.0 Å². The second-order valence-electron chi connectivity index (χ2n) is 4.74. The molecule has 0 radical (unpaired) electrons. The first-order chi connectivity index (χ1) is 10.0. The number of rotatable bonds is 5. The average Bonchev–Trinajstić information content (AvgIpc) is 2.91. The van der Waals surface area contributed by atoms with Crippen LogP contribution in [-0.2, 0) is 6.54 Å². The molecule has 0 saturated heterocycles. The van der Waals surface area contributed by atoms with Gasteiger partial charge < -0.3 is 15.5 Å². The Morgan fingerprint density at radius 3 is 2.86 bits per heavy atom. The van der Waals surface area contributed by atoms with Gasteiger partial charge in [0.25, 0.3) is 5.91 Å². The van der Waals surface area contributed by atoms with Gasteiger partial charge in [0.1, 0.15) is 12.0 Å². The molecule has 3 N–H and O–H groups in total. The van der Waals surface area contributed by atoms with Gasteiger partial charge in [-0.25, -0.2) is 0 Å². The highest BCUT2D eigenvalue weighted by Gasteiger charge is 2.15. The van der Waals surface area contributed by atoms with Crippen molar-refractivity contribution in [3.05, 3.63) is 46.9 Å². The highest BCUT2D eigenvalue weighted by atomic mass is 35.5. The molecule has 0 aliphatic carbocycles. The molecule has 2 rings (SSSR count). The van der Waals surface area contributed by atoms with Crippen molar-refractivity contribution < 1.29 is 9.21 Å². The molecular formula is C15H17ClN2O2S. The Morgan fingerprint density at radius 2 is 2.24 bits per heavy atom. The minimum Gasteiger partial charge on any atom is -0.467 e. The van der Waals surface area contributed by atoms with Gasteiger partial charge in [-0.1, -0.05) is 31.5 Å². The Balaban J connectivity index is 2.22. The SMILES string of the molecule is CC(C)Sc1c(Cl)cccc1NC(=O)c1coc(CN)c1. The monoisotopic (exact) mass is 324 g/mol. The van der Waals surface area contributed by atoms with Crippen molar-refractivity contribution in [3.8, 4) is 0 Å². The Kier molecular flexibility index (Phi) is 5.33. The Hall–Kier alpha value is -1.43. The zero-order valence-corrected chi connectivity index (χ0v) is 13.4. The molecule has 4 nitrogen and oxygen atoms in total. The third-order valence-corrected chi connectivity index (χ3v) is 4.26. The molecule has 0 aliphatic rings. The van der Waals surface area contributed by atoms with E-state index in [0.717, 1.165) is 4.90 Å². The number of halogens is 1. The molecule has 0 fully saturated rings. The van der Waals surface area contributed by atoms with Crippen LogP contribution in [0.5, 0.6) is 0 Å². The quantitative estimate of drug-likeness (QED) is 0.811. The van der Waals surface area contributed by atoms with Crippen LogP contribution in [0.1, 0.15) is 30.0 Å². The van der Waals surface area contributed by atoms with Crippen LogP contribution < -0.4 is 11.1 Å². The van der Waals surface area contributed by atoms with Crippen LogP contribution in [0.3, 0.4) is 0 Å². The fourth-order valence-corrected chi connectivity index (χ4v) is 2.97. The molecule has 0 saturated carbocycles. The van der Waals surface area contributed by atoms with Crippen LogP contribution in [0.25, 0.3) is 0 Å². The summed E-state index contributed by atoms with van der Waals surface area (Å²) in [4.78, 5) is 13.1. The number of nitrogens with two attached hydrogens (primary N) is 1. The van der Waals surface area contributed by atoms with Gasteiger partial charge in [0, 0.05) is 10.1 Å². The second-order valence-corrected chi connectivity index (χ2v) is 6.74. The smallest absolute Gasteiger partial charge is 0.258 e. The van der Waals surface area contributed by atoms with Gasteiger partial charge >= 0.3 is 0 Å². The summed E-state index contributed by atoms with van der Waals surface area (Å²) in [5, 5.41) is 3.85. The minimum absolute atomic E-state index is 0.244. The number of thioether (sulfide) groups is 1. The summed E-state index contributed by atoms with van der Waals surface area (Å²) in [5.74, 6) is 0.328. The van der Waals surface area contributed by atoms with Crippen molar-refractivity contribution in [3.63, 3.8) is 0 Å². The van der Waals surface area contributed by atoms with E-state index in [9.17, 15) is 4.79 Å². The molecule has 6 heteroatoms. The van der Waals surface area contributed by atoms with Gasteiger partial charge in [0.2, 0.25) is 0 Å². The van der Waals surface area contributed by atoms with Gasteiger partial charge in [-0.3, -0.25) is 4.79 Å². The maximum atomic E-state index is 12.2. The van der Waals surface area contributed by atoms with E-state index in [4.69, 9.17) is 21.8 Å². The van der Waals surface area contributed by atoms with Crippen molar-refractivity contribution in [1.29, 1.82) is 0 Å². The maximum Gasteiger partial charge on any atom is 0.258 e. The van der Waals surface area contributed by atoms with Gasteiger partial charge in [-0.05, 0) is 18.2 Å². The standard InChI is InChI=1S/C15H17ClN2O2S/c1-9(2)21-14-12(16)4-3-5-13(14)18-15(19)10-6-11(7-17)20-8-10/h3-6,8-9H,7,17H2,1-2H3,(H,18,19). The van der Waals surface area contributed by atoms with Gasteiger partial charge in [0.05, 0.1) is 22.8 Å². The predicted molar refractivity (Wildman–Crippen MR) is 87.0 cm³/mol. The van der Waals surface area contributed by atoms with Crippen molar-refractivity contribution in [2.45, 2.75) is 30.5 Å². The van der Waals surface area contributed by atoms with Gasteiger partial charge in [-0.15, -0.1) is 11.8 Å². The molecule has 0 aliphatic heterocycles. The molecule has 0 spiro atoms. The lowest BCUT2D eigenvalue weighted by atomic mass is 10.2. The van der Waals surface area contributed by atoms with Crippen LogP contribution in [0, 0.1) is 0 Å². The molecule has 112 valence electrons. The summed E-state index contributed by atoms with van der Waals surface area (Å²) < 4.78 is 5.17. The highest BCUT2D eigenvalue weighted by molar-refractivity contribution is 8.00. The lowest BCUT2D eigenvalue weighted by molar-refractivity contribution is 0.102. The first kappa shape index (κ1) is 15.9. The Bertz CT molecular complexity index is 640. The summed E-state index contributed by atoms with van der Waals surface area (Å²) in [6.45, 7) is 4.41. The number of anilines is 1. The third-order valence-electron chi connectivity index (χ3n) is 2.69. The van der Waals surface area contributed by atoms with Crippen LogP contribution in [0.2, 0.25) is 5.02 Å². The molecule has 1 aromatic carbocycles. The maximum absolute atomic E-state index is 12.2. The molecule has 21 heavy (non-hydrogen) atoms. The first-order valence-corrected chi connectivity index (χ1v) is 7.81. The predicted octanol–water partition coefficient (Wildman–Crippen LogP) is 4.14. The van der Waals surface area contributed by atoms with Gasteiger partial charge in [-0.2, -0.15) is 0 Å². The molecule has 0 atom stereocenters. The van der Waals surface area contributed by atoms with E-state index in [0.29, 0.717) is 27.3 Å². The lowest BCUT2D eigenvalue weighted by Crippen LogP contribution is -2.12. The van der Waals surface area contributed by atoms with Crippen LogP contribution in [0.4, 0.5) is 5.69 Å². The molecule has 0 bridgehead atoms. The molecule has 1 amide bonds. The second kappa shape index (κ2) is 7.02. The average molecular weight is 325 g/mol. The fraction of sp³-hybridized carbons (Fsp3) is 0.267. The Labute approximate surface area is 133 Å². The first-order valence-electron chi connectivity index (χ1n) is 6.55. The normalized spacial score (nSPS) is 10.9. The number of carbonyl (C=O) groups is 1. The molecular weight excluding hydrogens is 308 g/mol. The van der Waals surface area contributed by atoms with E-state index >= 15 is 0 Å². The third kappa shape index (κ3) is 4.03. The van der Waals surface area contributed by atoms with Crippen molar-refractivity contribution in [2.75, 3.05) is 5.32 Å². The molecule has 1 heterocycles. The number of nitrogens with one attached hydrogen (secondary N) is 1. The number of hydrogen-bond donors (Lipinski definition) is 2. The topological polar surface area (TPSA) is 68.3 Å².